The van der Waals surface area contributed by atoms with E-state index in [1.54, 1.807) is 6.08 Å². The van der Waals surface area contributed by atoms with Gasteiger partial charge in [0.05, 0.1) is 6.54 Å². The van der Waals surface area contributed by atoms with Crippen molar-refractivity contribution in [1.82, 2.24) is 4.90 Å². The van der Waals surface area contributed by atoms with Gasteiger partial charge in [0.2, 0.25) is 5.91 Å². The molecule has 1 aliphatic carbocycles. The van der Waals surface area contributed by atoms with E-state index in [4.69, 9.17) is 9.47 Å². The molecule has 0 atom stereocenters. The van der Waals surface area contributed by atoms with Gasteiger partial charge in [0.1, 0.15) is 19.9 Å². The van der Waals surface area contributed by atoms with Gasteiger partial charge in [-0.25, -0.2) is 0 Å². The number of carbonyl (C=O) groups excluding carboxylic acids is 3. The molecule has 58 heavy (non-hydrogen) atoms. The van der Waals surface area contributed by atoms with Crippen molar-refractivity contribution in [3.05, 3.63) is 58.7 Å². The lowest BCUT2D eigenvalue weighted by Gasteiger charge is -2.32. The Labute approximate surface area is 357 Å². The van der Waals surface area contributed by atoms with Crippen LogP contribution in [0, 0.1) is 5.41 Å². The van der Waals surface area contributed by atoms with Crippen molar-refractivity contribution in [2.45, 2.75) is 222 Å². The molecule has 0 bridgehead atoms. The van der Waals surface area contributed by atoms with Gasteiger partial charge in [0.15, 0.2) is 5.78 Å². The van der Waals surface area contributed by atoms with Gasteiger partial charge in [-0.2, -0.15) is 0 Å². The smallest absolute Gasteiger partial charge is 0.305 e. The number of Topliss-reactive ketones (excluding diaryl/α,β-unsaturated/α-hetero) is 1. The molecule has 332 valence electrons. The monoisotopic (exact) mass is 808 g/mol. The first kappa shape index (κ1) is 53.3. The van der Waals surface area contributed by atoms with E-state index in [1.165, 1.54) is 144 Å². The van der Waals surface area contributed by atoms with E-state index < -0.39 is 0 Å². The molecule has 0 saturated carbocycles. The molecule has 0 saturated heterocycles. The molecule has 1 amide bonds. The highest BCUT2D eigenvalue weighted by Gasteiger charge is 2.26. The van der Waals surface area contributed by atoms with Gasteiger partial charge >= 0.3 is 5.97 Å². The van der Waals surface area contributed by atoms with Crippen molar-refractivity contribution in [2.75, 3.05) is 26.5 Å². The highest BCUT2D eigenvalue weighted by atomic mass is 16.5. The van der Waals surface area contributed by atoms with Crippen LogP contribution in [0.2, 0.25) is 0 Å². The summed E-state index contributed by atoms with van der Waals surface area (Å²) in [5, 5.41) is 0. The summed E-state index contributed by atoms with van der Waals surface area (Å²) < 4.78 is 11.3. The van der Waals surface area contributed by atoms with E-state index in [-0.39, 0.29) is 49.6 Å². The van der Waals surface area contributed by atoms with Crippen molar-refractivity contribution < 1.29 is 23.9 Å². The average molecular weight is 808 g/mol. The number of hydrogen-bond acceptors (Lipinski definition) is 5. The maximum atomic E-state index is 13.4. The number of hydrogen-bond donors (Lipinski definition) is 0. The molecule has 0 unspecified atom stereocenters. The van der Waals surface area contributed by atoms with E-state index >= 15 is 0 Å². The zero-order valence-corrected chi connectivity index (χ0v) is 38.9. The number of ether oxygens (including phenoxy) is 2. The number of esters is 1. The van der Waals surface area contributed by atoms with E-state index in [0.29, 0.717) is 12.8 Å². The maximum absolute atomic E-state index is 13.4. The zero-order chi connectivity index (χ0) is 42.7. The molecule has 0 fully saturated rings. The fourth-order valence-corrected chi connectivity index (χ4v) is 7.81. The first-order valence-corrected chi connectivity index (χ1v) is 24.0. The Kier molecular flexibility index (Phi) is 32.2. The predicted molar refractivity (Wildman–Crippen MR) is 247 cm³/mol. The van der Waals surface area contributed by atoms with Crippen LogP contribution in [0.25, 0.3) is 0 Å². The standard InChI is InChI=1S/C52H89NO5/c1-8-10-12-14-16-18-20-22-24-26-28-35-48(54)43-57-44-53(40-41-58-51(56)36-29-27-25-23-21-19-17-15-13-11-9-2)50(55)42-46(4)33-30-32-45(3)37-38-49-47(5)34-31-39-52(49,6)7/h30,32-33,37-38,42H,8-29,31,34-36,39-41,43-44H2,1-7H3/b33-30+,38-37+,45-32+,46-42+. The Morgan fingerprint density at radius 1 is 0.690 bits per heavy atom. The minimum Gasteiger partial charge on any atom is -0.464 e. The van der Waals surface area contributed by atoms with Crippen LogP contribution in [0.3, 0.4) is 0 Å². The van der Waals surface area contributed by atoms with Crippen LogP contribution in [0.5, 0.6) is 0 Å². The van der Waals surface area contributed by atoms with Crippen molar-refractivity contribution in [3.8, 4) is 0 Å². The Morgan fingerprint density at radius 2 is 1.21 bits per heavy atom. The summed E-state index contributed by atoms with van der Waals surface area (Å²) in [6.45, 7) is 15.7. The second kappa shape index (κ2) is 35.1. The minimum atomic E-state index is -0.232. The quantitative estimate of drug-likeness (QED) is 0.0207. The topological polar surface area (TPSA) is 72.9 Å². The van der Waals surface area contributed by atoms with Gasteiger partial charge in [0.25, 0.3) is 0 Å². The van der Waals surface area contributed by atoms with Crippen LogP contribution >= 0.6 is 0 Å². The van der Waals surface area contributed by atoms with Crippen molar-refractivity contribution >= 4 is 17.7 Å². The van der Waals surface area contributed by atoms with Crippen molar-refractivity contribution in [1.29, 1.82) is 0 Å². The van der Waals surface area contributed by atoms with Gasteiger partial charge in [0, 0.05) is 18.9 Å². The Bertz CT molecular complexity index is 1220. The molecule has 0 radical (unpaired) electrons. The number of ketones is 1. The zero-order valence-electron chi connectivity index (χ0n) is 38.9. The number of unbranched alkanes of at least 4 members (excludes halogenated alkanes) is 20. The number of amides is 1. The summed E-state index contributed by atoms with van der Waals surface area (Å²) in [5.74, 6) is -0.397. The lowest BCUT2D eigenvalue weighted by molar-refractivity contribution is -0.147. The molecule has 0 N–H and O–H groups in total. The predicted octanol–water partition coefficient (Wildman–Crippen LogP) is 14.8. The number of allylic oxidation sites excluding steroid dienone is 9. The minimum absolute atomic E-state index is 0.0199. The molecular formula is C52H89NO5. The van der Waals surface area contributed by atoms with E-state index in [2.05, 4.69) is 59.8 Å². The van der Waals surface area contributed by atoms with Gasteiger partial charge in [-0.3, -0.25) is 14.4 Å². The highest BCUT2D eigenvalue weighted by molar-refractivity contribution is 5.88. The first-order valence-electron chi connectivity index (χ1n) is 24.0. The van der Waals surface area contributed by atoms with Gasteiger partial charge in [-0.15, -0.1) is 0 Å². The third kappa shape index (κ3) is 28.7. The van der Waals surface area contributed by atoms with Gasteiger partial charge in [-0.05, 0) is 69.4 Å². The molecule has 1 rings (SSSR count). The fraction of sp³-hybridized carbons (Fsp3) is 0.750. The van der Waals surface area contributed by atoms with E-state index in [9.17, 15) is 14.4 Å². The summed E-state index contributed by atoms with van der Waals surface area (Å²) in [6.07, 6.45) is 43.7. The normalized spacial score (nSPS) is 14.9. The summed E-state index contributed by atoms with van der Waals surface area (Å²) >= 11 is 0. The molecule has 0 aromatic carbocycles. The fourth-order valence-electron chi connectivity index (χ4n) is 7.81. The molecule has 0 aliphatic heterocycles. The summed E-state index contributed by atoms with van der Waals surface area (Å²) in [4.78, 5) is 40.1. The lowest BCUT2D eigenvalue weighted by Crippen LogP contribution is -2.36. The number of carbonyl (C=O) groups is 3. The second-order valence-corrected chi connectivity index (χ2v) is 17.8. The molecule has 1 aliphatic rings. The van der Waals surface area contributed by atoms with E-state index in [1.807, 2.05) is 19.1 Å². The Balaban J connectivity index is 2.60. The summed E-state index contributed by atoms with van der Waals surface area (Å²) in [7, 11) is 0. The SMILES string of the molecule is CCCCCCCCCCCCCC(=O)COCN(CCOC(=O)CCCCCCCCCCCCC)C(=O)/C=C(C)/C=C/C=C(C)/C=C/C1=C(C)CCCC1(C)C. The molecule has 0 spiro atoms. The third-order valence-corrected chi connectivity index (χ3v) is 11.6. The van der Waals surface area contributed by atoms with Crippen LogP contribution in [0.15, 0.2) is 58.7 Å². The van der Waals surface area contributed by atoms with Crippen LogP contribution in [0.4, 0.5) is 0 Å². The number of rotatable bonds is 36. The largest absolute Gasteiger partial charge is 0.464 e. The third-order valence-electron chi connectivity index (χ3n) is 11.6. The Hall–Kier alpha value is -2.73. The lowest BCUT2D eigenvalue weighted by atomic mass is 9.72. The number of nitrogens with zero attached hydrogens (tertiary/aromatic N) is 1. The summed E-state index contributed by atoms with van der Waals surface area (Å²) in [5.41, 5.74) is 5.06. The van der Waals surface area contributed by atoms with Crippen LogP contribution in [0.1, 0.15) is 222 Å². The van der Waals surface area contributed by atoms with Gasteiger partial charge in [-0.1, -0.05) is 198 Å². The second-order valence-electron chi connectivity index (χ2n) is 17.8. The van der Waals surface area contributed by atoms with Crippen molar-refractivity contribution in [3.63, 3.8) is 0 Å². The van der Waals surface area contributed by atoms with Crippen LogP contribution in [-0.2, 0) is 23.9 Å². The molecular weight excluding hydrogens is 719 g/mol. The maximum Gasteiger partial charge on any atom is 0.305 e. The Morgan fingerprint density at radius 3 is 1.74 bits per heavy atom. The van der Waals surface area contributed by atoms with Crippen LogP contribution in [-0.4, -0.2) is 49.0 Å². The molecule has 0 heterocycles. The molecule has 6 nitrogen and oxygen atoms in total. The summed E-state index contributed by atoms with van der Waals surface area (Å²) in [6, 6.07) is 0. The average Bonchev–Trinajstić information content (AvgIpc) is 3.18. The molecule has 6 heteroatoms. The highest BCUT2D eigenvalue weighted by Crippen LogP contribution is 2.40. The van der Waals surface area contributed by atoms with Crippen LogP contribution < -0.4 is 0 Å². The van der Waals surface area contributed by atoms with Crippen molar-refractivity contribution in [2.24, 2.45) is 5.41 Å². The molecule has 0 aromatic rings. The van der Waals surface area contributed by atoms with E-state index in [0.717, 1.165) is 43.3 Å². The molecule has 0 aromatic heterocycles. The first-order chi connectivity index (χ1) is 28.0. The van der Waals surface area contributed by atoms with Gasteiger partial charge < -0.3 is 14.4 Å².